The first kappa shape index (κ1) is 21.5. The van der Waals surface area contributed by atoms with Crippen LogP contribution in [0.2, 0.25) is 0 Å². The normalized spacial score (nSPS) is 10.2. The molecule has 2 aromatic rings. The third-order valence-corrected chi connectivity index (χ3v) is 4.03. The summed E-state index contributed by atoms with van der Waals surface area (Å²) in [5, 5.41) is 3.38. The number of nitrogens with zero attached hydrogens (tertiary/aromatic N) is 1. The van der Waals surface area contributed by atoms with E-state index in [1.54, 1.807) is 0 Å². The van der Waals surface area contributed by atoms with Crippen molar-refractivity contribution in [1.82, 2.24) is 10.2 Å². The molecule has 2 rings (SSSR count). The number of hydrogen-bond acceptors (Lipinski definition) is 3. The highest BCUT2D eigenvalue weighted by molar-refractivity contribution is 9.10. The Labute approximate surface area is 153 Å². The number of hydrogen-bond donors (Lipinski definition) is 1. The molecule has 0 aliphatic rings. The fourth-order valence-corrected chi connectivity index (χ4v) is 2.19. The summed E-state index contributed by atoms with van der Waals surface area (Å²) in [5.74, 6) is 1.89. The van der Waals surface area contributed by atoms with Gasteiger partial charge in [-0.05, 0) is 50.8 Å². The van der Waals surface area contributed by atoms with Gasteiger partial charge in [0.1, 0.15) is 11.5 Å². The second-order valence-corrected chi connectivity index (χ2v) is 6.06. The molecule has 0 unspecified atom stereocenters. The standard InChI is InChI=1S/C16H21BrN2O.2ClH/c1-12-10-13(4-6-15(12)17)16-7-5-14(20-16)11-18-8-9-19(2)3;;/h4-7,10,18H,8-9,11H2,1-3H3;2*1H. The maximum Gasteiger partial charge on any atom is 0.134 e. The average Bonchev–Trinajstić information content (AvgIpc) is 2.86. The van der Waals surface area contributed by atoms with Crippen LogP contribution in [0.1, 0.15) is 11.3 Å². The molecule has 3 nitrogen and oxygen atoms in total. The Morgan fingerprint density at radius 3 is 2.50 bits per heavy atom. The number of furan rings is 1. The van der Waals surface area contributed by atoms with Gasteiger partial charge in [-0.15, -0.1) is 24.8 Å². The number of nitrogens with one attached hydrogen (secondary N) is 1. The van der Waals surface area contributed by atoms with E-state index >= 15 is 0 Å². The fraction of sp³-hybridized carbons (Fsp3) is 0.375. The van der Waals surface area contributed by atoms with E-state index in [-0.39, 0.29) is 24.8 Å². The quantitative estimate of drug-likeness (QED) is 0.711. The van der Waals surface area contributed by atoms with Crippen LogP contribution in [0.4, 0.5) is 0 Å². The smallest absolute Gasteiger partial charge is 0.134 e. The molecule has 0 fully saturated rings. The number of likely N-dealkylation sites (N-methyl/N-ethyl adjacent to an activating group) is 1. The van der Waals surface area contributed by atoms with Crippen LogP contribution in [0, 0.1) is 6.92 Å². The highest BCUT2D eigenvalue weighted by Gasteiger charge is 2.06. The lowest BCUT2D eigenvalue weighted by atomic mass is 10.1. The van der Waals surface area contributed by atoms with E-state index in [0.29, 0.717) is 0 Å². The Bertz CT molecular complexity index is 573. The molecule has 0 aliphatic carbocycles. The van der Waals surface area contributed by atoms with Crippen molar-refractivity contribution in [2.45, 2.75) is 13.5 Å². The summed E-state index contributed by atoms with van der Waals surface area (Å²) >= 11 is 3.52. The first-order valence-corrected chi connectivity index (χ1v) is 7.56. The molecular formula is C16H23BrCl2N2O. The van der Waals surface area contributed by atoms with Gasteiger partial charge in [-0.1, -0.05) is 22.0 Å². The molecule has 1 heterocycles. The zero-order valence-corrected chi connectivity index (χ0v) is 16.3. The second-order valence-electron chi connectivity index (χ2n) is 5.21. The van der Waals surface area contributed by atoms with Crippen molar-refractivity contribution < 1.29 is 4.42 Å². The monoisotopic (exact) mass is 408 g/mol. The predicted octanol–water partition coefficient (Wildman–Crippen LogP) is 4.51. The Morgan fingerprint density at radius 2 is 1.86 bits per heavy atom. The SMILES string of the molecule is Cc1cc(-c2ccc(CNCCN(C)C)o2)ccc1Br.Cl.Cl. The van der Waals surface area contributed by atoms with Crippen molar-refractivity contribution in [3.63, 3.8) is 0 Å². The van der Waals surface area contributed by atoms with Crippen LogP contribution in [0.15, 0.2) is 39.2 Å². The molecular weight excluding hydrogens is 387 g/mol. The third-order valence-electron chi connectivity index (χ3n) is 3.14. The van der Waals surface area contributed by atoms with Crippen molar-refractivity contribution in [3.8, 4) is 11.3 Å². The van der Waals surface area contributed by atoms with Gasteiger partial charge in [0.2, 0.25) is 0 Å². The molecule has 0 saturated heterocycles. The van der Waals surface area contributed by atoms with Crippen LogP contribution in [-0.2, 0) is 6.54 Å². The Hall–Kier alpha value is -0.520. The average molecular weight is 410 g/mol. The summed E-state index contributed by atoms with van der Waals surface area (Å²) < 4.78 is 7.00. The van der Waals surface area contributed by atoms with Gasteiger partial charge in [0, 0.05) is 23.1 Å². The van der Waals surface area contributed by atoms with Gasteiger partial charge in [-0.25, -0.2) is 0 Å². The summed E-state index contributed by atoms with van der Waals surface area (Å²) in [6.07, 6.45) is 0. The van der Waals surface area contributed by atoms with Crippen molar-refractivity contribution >= 4 is 40.7 Å². The van der Waals surface area contributed by atoms with Crippen LogP contribution in [-0.4, -0.2) is 32.1 Å². The molecule has 22 heavy (non-hydrogen) atoms. The molecule has 0 amide bonds. The van der Waals surface area contributed by atoms with Crippen molar-refractivity contribution in [2.75, 3.05) is 27.2 Å². The van der Waals surface area contributed by atoms with Gasteiger partial charge in [-0.3, -0.25) is 0 Å². The summed E-state index contributed by atoms with van der Waals surface area (Å²) in [6, 6.07) is 10.3. The van der Waals surface area contributed by atoms with Crippen LogP contribution >= 0.6 is 40.7 Å². The molecule has 0 atom stereocenters. The number of benzene rings is 1. The van der Waals surface area contributed by atoms with Gasteiger partial charge in [0.25, 0.3) is 0 Å². The van der Waals surface area contributed by atoms with Crippen molar-refractivity contribution in [2.24, 2.45) is 0 Å². The highest BCUT2D eigenvalue weighted by atomic mass is 79.9. The van der Waals surface area contributed by atoms with Crippen LogP contribution < -0.4 is 5.32 Å². The second kappa shape index (κ2) is 10.3. The molecule has 0 saturated carbocycles. The maximum atomic E-state index is 5.88. The predicted molar refractivity (Wildman–Crippen MR) is 101 cm³/mol. The minimum Gasteiger partial charge on any atom is -0.460 e. The summed E-state index contributed by atoms with van der Waals surface area (Å²) in [6.45, 7) is 4.84. The zero-order valence-electron chi connectivity index (χ0n) is 13.1. The lowest BCUT2D eigenvalue weighted by molar-refractivity contribution is 0.392. The first-order chi connectivity index (χ1) is 9.56. The highest BCUT2D eigenvalue weighted by Crippen LogP contribution is 2.26. The Morgan fingerprint density at radius 1 is 1.14 bits per heavy atom. The zero-order chi connectivity index (χ0) is 14.5. The minimum atomic E-state index is 0. The van der Waals surface area contributed by atoms with Crippen LogP contribution in [0.3, 0.4) is 0 Å². The minimum absolute atomic E-state index is 0. The molecule has 6 heteroatoms. The summed E-state index contributed by atoms with van der Waals surface area (Å²) in [4.78, 5) is 2.16. The van der Waals surface area contributed by atoms with E-state index in [2.05, 4.69) is 65.4 Å². The first-order valence-electron chi connectivity index (χ1n) is 6.77. The number of aryl methyl sites for hydroxylation is 1. The maximum absolute atomic E-state index is 5.88. The van der Waals surface area contributed by atoms with Gasteiger partial charge in [0.05, 0.1) is 6.54 Å². The molecule has 0 bridgehead atoms. The van der Waals surface area contributed by atoms with E-state index in [9.17, 15) is 0 Å². The van der Waals surface area contributed by atoms with E-state index in [1.807, 2.05) is 12.1 Å². The third kappa shape index (κ3) is 6.31. The number of rotatable bonds is 6. The largest absolute Gasteiger partial charge is 0.460 e. The van der Waals surface area contributed by atoms with Gasteiger partial charge >= 0.3 is 0 Å². The van der Waals surface area contributed by atoms with E-state index in [1.165, 1.54) is 5.56 Å². The molecule has 0 aliphatic heterocycles. The molecule has 124 valence electrons. The molecule has 0 radical (unpaired) electrons. The Balaban J connectivity index is 0.00000220. The molecule has 1 aromatic heterocycles. The number of halogens is 3. The summed E-state index contributed by atoms with van der Waals surface area (Å²) in [5.41, 5.74) is 2.33. The van der Waals surface area contributed by atoms with Crippen LogP contribution in [0.25, 0.3) is 11.3 Å². The van der Waals surface area contributed by atoms with Gasteiger partial charge < -0.3 is 14.6 Å². The molecule has 0 spiro atoms. The van der Waals surface area contributed by atoms with Crippen LogP contribution in [0.5, 0.6) is 0 Å². The lowest BCUT2D eigenvalue weighted by Crippen LogP contribution is -2.25. The summed E-state index contributed by atoms with van der Waals surface area (Å²) in [7, 11) is 4.14. The fourth-order valence-electron chi connectivity index (χ4n) is 1.94. The topological polar surface area (TPSA) is 28.4 Å². The van der Waals surface area contributed by atoms with Gasteiger partial charge in [-0.2, -0.15) is 0 Å². The Kier molecular flexibility index (Phi) is 10.0. The molecule has 1 aromatic carbocycles. The molecule has 1 N–H and O–H groups in total. The lowest BCUT2D eigenvalue weighted by Gasteiger charge is -2.09. The van der Waals surface area contributed by atoms with Crippen molar-refractivity contribution in [1.29, 1.82) is 0 Å². The van der Waals surface area contributed by atoms with Gasteiger partial charge in [0.15, 0.2) is 0 Å². The van der Waals surface area contributed by atoms with E-state index in [0.717, 1.165) is 41.2 Å². The van der Waals surface area contributed by atoms with Crippen molar-refractivity contribution in [3.05, 3.63) is 46.1 Å². The van der Waals surface area contributed by atoms with E-state index in [4.69, 9.17) is 4.42 Å². The van der Waals surface area contributed by atoms with E-state index < -0.39 is 0 Å².